The molecule has 2 rings (SSSR count). The summed E-state index contributed by atoms with van der Waals surface area (Å²) >= 11 is 3.43. The van der Waals surface area contributed by atoms with Crippen molar-refractivity contribution in [2.24, 2.45) is 0 Å². The van der Waals surface area contributed by atoms with Gasteiger partial charge in [0.15, 0.2) is 0 Å². The van der Waals surface area contributed by atoms with Gasteiger partial charge in [-0.05, 0) is 23.8 Å². The summed E-state index contributed by atoms with van der Waals surface area (Å²) in [5.41, 5.74) is 1.92. The first-order valence-electron chi connectivity index (χ1n) is 6.36. The maximum absolute atomic E-state index is 11.9. The van der Waals surface area contributed by atoms with E-state index in [4.69, 9.17) is 0 Å². The van der Waals surface area contributed by atoms with Crippen molar-refractivity contribution in [1.82, 2.24) is 15.6 Å². The highest BCUT2D eigenvalue weighted by Gasteiger charge is 2.21. The molecule has 2 amide bonds. The van der Waals surface area contributed by atoms with E-state index in [0.29, 0.717) is 6.42 Å². The maximum Gasteiger partial charge on any atom is 0.407 e. The van der Waals surface area contributed by atoms with Gasteiger partial charge in [-0.25, -0.2) is 4.79 Å². The molecular formula is C14H16BrN3O3. The van der Waals surface area contributed by atoms with E-state index in [1.54, 1.807) is 0 Å². The van der Waals surface area contributed by atoms with Gasteiger partial charge in [0.2, 0.25) is 5.91 Å². The Morgan fingerprint density at radius 1 is 1.43 bits per heavy atom. The molecule has 1 atom stereocenters. The highest BCUT2D eigenvalue weighted by molar-refractivity contribution is 9.10. The fraction of sp³-hybridized carbons (Fsp3) is 0.286. The molecule has 7 heteroatoms. The summed E-state index contributed by atoms with van der Waals surface area (Å²) in [6.45, 7) is 0. The number of likely N-dealkylation sites (N-methyl/N-ethyl adjacent to an activating group) is 1. The van der Waals surface area contributed by atoms with Gasteiger partial charge in [-0.15, -0.1) is 0 Å². The lowest BCUT2D eigenvalue weighted by molar-refractivity contribution is -0.122. The van der Waals surface area contributed by atoms with Crippen LogP contribution in [0.25, 0.3) is 10.9 Å². The number of aromatic amines is 1. The van der Waals surface area contributed by atoms with Crippen LogP contribution in [0.4, 0.5) is 4.79 Å². The molecule has 2 aromatic rings. The van der Waals surface area contributed by atoms with E-state index < -0.39 is 12.1 Å². The van der Waals surface area contributed by atoms with E-state index in [1.165, 1.54) is 14.2 Å². The Morgan fingerprint density at radius 3 is 2.86 bits per heavy atom. The second-order valence-electron chi connectivity index (χ2n) is 4.51. The number of rotatable bonds is 4. The number of benzene rings is 1. The Kier molecular flexibility index (Phi) is 4.85. The van der Waals surface area contributed by atoms with Crippen LogP contribution in [-0.2, 0) is 16.0 Å². The minimum Gasteiger partial charge on any atom is -0.453 e. The molecule has 1 aromatic heterocycles. The number of carbonyl (C=O) groups is 2. The second-order valence-corrected chi connectivity index (χ2v) is 5.43. The Balaban J connectivity index is 2.27. The van der Waals surface area contributed by atoms with Crippen LogP contribution in [0.15, 0.2) is 28.9 Å². The number of H-pyrrole nitrogens is 1. The van der Waals surface area contributed by atoms with Gasteiger partial charge in [0, 0.05) is 35.0 Å². The van der Waals surface area contributed by atoms with Crippen molar-refractivity contribution in [3.8, 4) is 0 Å². The Bertz CT molecular complexity index is 669. The Labute approximate surface area is 130 Å². The summed E-state index contributed by atoms with van der Waals surface area (Å²) in [5.74, 6) is -0.273. The number of amides is 2. The van der Waals surface area contributed by atoms with Gasteiger partial charge < -0.3 is 20.4 Å². The molecule has 112 valence electrons. The first kappa shape index (κ1) is 15.4. The van der Waals surface area contributed by atoms with E-state index >= 15 is 0 Å². The van der Waals surface area contributed by atoms with Crippen LogP contribution < -0.4 is 10.6 Å². The summed E-state index contributed by atoms with van der Waals surface area (Å²) < 4.78 is 5.51. The van der Waals surface area contributed by atoms with Crippen molar-refractivity contribution in [1.29, 1.82) is 0 Å². The summed E-state index contributed by atoms with van der Waals surface area (Å²) in [6, 6.07) is 5.16. The summed E-state index contributed by atoms with van der Waals surface area (Å²) in [7, 11) is 2.79. The SMILES string of the molecule is CNC(=O)[C@@H](Cc1c[nH]c2ccc(Br)cc12)NC(=O)OC. The zero-order chi connectivity index (χ0) is 15.4. The highest BCUT2D eigenvalue weighted by Crippen LogP contribution is 2.23. The van der Waals surface area contributed by atoms with Crippen LogP contribution in [0, 0.1) is 0 Å². The minimum absolute atomic E-state index is 0.273. The number of alkyl carbamates (subject to hydrolysis) is 1. The number of ether oxygens (including phenoxy) is 1. The smallest absolute Gasteiger partial charge is 0.407 e. The molecule has 0 bridgehead atoms. The predicted octanol–water partition coefficient (Wildman–Crippen LogP) is 1.94. The quantitative estimate of drug-likeness (QED) is 0.785. The Morgan fingerprint density at radius 2 is 2.19 bits per heavy atom. The third-order valence-electron chi connectivity index (χ3n) is 3.19. The standard InChI is InChI=1S/C14H16BrN3O3/c1-16-13(19)12(18-14(20)21-2)5-8-7-17-11-4-3-9(15)6-10(8)11/h3-4,6-7,12,17H,5H2,1-2H3,(H,16,19)(H,18,20)/t12-/m1/s1. The van der Waals surface area contributed by atoms with Crippen molar-refractivity contribution in [2.45, 2.75) is 12.5 Å². The van der Waals surface area contributed by atoms with Gasteiger partial charge in [-0.1, -0.05) is 15.9 Å². The molecule has 21 heavy (non-hydrogen) atoms. The molecule has 0 aliphatic heterocycles. The molecule has 0 fully saturated rings. The number of carbonyl (C=O) groups excluding carboxylic acids is 2. The fourth-order valence-electron chi connectivity index (χ4n) is 2.12. The minimum atomic E-state index is -0.694. The van der Waals surface area contributed by atoms with Crippen LogP contribution >= 0.6 is 15.9 Å². The summed E-state index contributed by atoms with van der Waals surface area (Å²) in [5, 5.41) is 6.08. The average molecular weight is 354 g/mol. The fourth-order valence-corrected chi connectivity index (χ4v) is 2.49. The zero-order valence-electron chi connectivity index (χ0n) is 11.7. The number of fused-ring (bicyclic) bond motifs is 1. The number of nitrogens with one attached hydrogen (secondary N) is 3. The van der Waals surface area contributed by atoms with Gasteiger partial charge in [0.1, 0.15) is 6.04 Å². The molecule has 0 radical (unpaired) electrons. The van der Waals surface area contributed by atoms with Crippen molar-refractivity contribution in [3.05, 3.63) is 34.4 Å². The van der Waals surface area contributed by atoms with Crippen LogP contribution in [0.3, 0.4) is 0 Å². The molecule has 1 aromatic carbocycles. The second kappa shape index (κ2) is 6.62. The monoisotopic (exact) mass is 353 g/mol. The van der Waals surface area contributed by atoms with Gasteiger partial charge in [0.05, 0.1) is 7.11 Å². The van der Waals surface area contributed by atoms with E-state index in [-0.39, 0.29) is 5.91 Å². The van der Waals surface area contributed by atoms with E-state index in [9.17, 15) is 9.59 Å². The van der Waals surface area contributed by atoms with Gasteiger partial charge in [-0.3, -0.25) is 4.79 Å². The summed E-state index contributed by atoms with van der Waals surface area (Å²) in [6.07, 6.45) is 1.57. The molecule has 0 spiro atoms. The van der Waals surface area contributed by atoms with E-state index in [2.05, 4.69) is 36.3 Å². The number of hydrogen-bond donors (Lipinski definition) is 3. The lowest BCUT2D eigenvalue weighted by Crippen LogP contribution is -2.46. The highest BCUT2D eigenvalue weighted by atomic mass is 79.9. The van der Waals surface area contributed by atoms with Crippen LogP contribution in [0.1, 0.15) is 5.56 Å². The van der Waals surface area contributed by atoms with E-state index in [0.717, 1.165) is 20.9 Å². The number of aromatic nitrogens is 1. The predicted molar refractivity (Wildman–Crippen MR) is 83.1 cm³/mol. The zero-order valence-corrected chi connectivity index (χ0v) is 13.3. The molecule has 1 heterocycles. The van der Waals surface area contributed by atoms with Crippen molar-refractivity contribution >= 4 is 38.8 Å². The lowest BCUT2D eigenvalue weighted by atomic mass is 10.0. The molecule has 0 aliphatic rings. The van der Waals surface area contributed by atoms with Gasteiger partial charge in [-0.2, -0.15) is 0 Å². The normalized spacial score (nSPS) is 12.0. The molecule has 0 aliphatic carbocycles. The average Bonchev–Trinajstić information content (AvgIpc) is 2.87. The number of methoxy groups -OCH3 is 1. The number of hydrogen-bond acceptors (Lipinski definition) is 3. The Hall–Kier alpha value is -2.02. The molecule has 0 unspecified atom stereocenters. The van der Waals surface area contributed by atoms with Crippen molar-refractivity contribution in [3.63, 3.8) is 0 Å². The largest absolute Gasteiger partial charge is 0.453 e. The first-order chi connectivity index (χ1) is 10.0. The number of halogens is 1. The molecule has 0 saturated heterocycles. The lowest BCUT2D eigenvalue weighted by Gasteiger charge is -2.16. The van der Waals surface area contributed by atoms with Gasteiger partial charge in [0.25, 0.3) is 0 Å². The van der Waals surface area contributed by atoms with Crippen molar-refractivity contribution < 1.29 is 14.3 Å². The maximum atomic E-state index is 11.9. The third kappa shape index (κ3) is 3.55. The summed E-state index contributed by atoms with van der Waals surface area (Å²) in [4.78, 5) is 26.4. The van der Waals surface area contributed by atoms with Crippen LogP contribution in [0.5, 0.6) is 0 Å². The van der Waals surface area contributed by atoms with Crippen LogP contribution in [0.2, 0.25) is 0 Å². The van der Waals surface area contributed by atoms with Crippen LogP contribution in [-0.4, -0.2) is 37.2 Å². The first-order valence-corrected chi connectivity index (χ1v) is 7.16. The third-order valence-corrected chi connectivity index (χ3v) is 3.69. The molecule has 0 saturated carbocycles. The molecule has 6 nitrogen and oxygen atoms in total. The molecule has 3 N–H and O–H groups in total. The van der Waals surface area contributed by atoms with Gasteiger partial charge >= 0.3 is 6.09 Å². The van der Waals surface area contributed by atoms with Crippen molar-refractivity contribution in [2.75, 3.05) is 14.2 Å². The van der Waals surface area contributed by atoms with E-state index in [1.807, 2.05) is 24.4 Å². The topological polar surface area (TPSA) is 83.2 Å². The molecular weight excluding hydrogens is 338 g/mol.